The third-order valence-corrected chi connectivity index (χ3v) is 11.8. The molecule has 5 saturated heterocycles. The van der Waals surface area contributed by atoms with Crippen molar-refractivity contribution < 1.29 is 28.6 Å². The minimum atomic E-state index is -1.39. The van der Waals surface area contributed by atoms with Crippen LogP contribution < -0.4 is 0 Å². The highest BCUT2D eigenvalue weighted by Gasteiger charge is 2.77. The zero-order valence-electron chi connectivity index (χ0n) is 17.5. The molecule has 0 N–H and O–H groups in total. The van der Waals surface area contributed by atoms with Crippen LogP contribution >= 0.6 is 20.1 Å². The highest BCUT2D eigenvalue weighted by Crippen LogP contribution is 2.71. The lowest BCUT2D eigenvalue weighted by molar-refractivity contribution is -0.169. The molecule has 0 aromatic carbocycles. The van der Waals surface area contributed by atoms with Gasteiger partial charge in [-0.25, -0.2) is 0 Å². The van der Waals surface area contributed by atoms with Crippen LogP contribution in [0.4, 0.5) is 0 Å². The van der Waals surface area contributed by atoms with Gasteiger partial charge in [0.15, 0.2) is 9.74 Å². The van der Waals surface area contributed by atoms with E-state index in [9.17, 15) is 14.4 Å². The summed E-state index contributed by atoms with van der Waals surface area (Å²) >= 11 is 0. The number of piperazine rings is 1. The van der Waals surface area contributed by atoms with Crippen molar-refractivity contribution in [1.29, 1.82) is 0 Å². The summed E-state index contributed by atoms with van der Waals surface area (Å²) in [6.07, 6.45) is 9.66. The van der Waals surface area contributed by atoms with Gasteiger partial charge in [0, 0.05) is 25.7 Å². The molecule has 168 valence electrons. The van der Waals surface area contributed by atoms with Gasteiger partial charge in [-0.15, -0.1) is 15.0 Å². The van der Waals surface area contributed by atoms with Gasteiger partial charge in [-0.2, -0.15) is 0 Å². The van der Waals surface area contributed by atoms with E-state index in [0.717, 1.165) is 11.1 Å². The summed E-state index contributed by atoms with van der Waals surface area (Å²) in [7, 11) is 0.000958. The number of carbonyl (C=O) groups excluding carboxylic acids is 3. The molecule has 0 aromatic rings. The normalized spacial score (nSPS) is 43.1. The lowest BCUT2D eigenvalue weighted by atomic mass is 9.95. The van der Waals surface area contributed by atoms with Gasteiger partial charge in [0.05, 0.1) is 37.1 Å². The first-order valence-corrected chi connectivity index (χ1v) is 13.3. The Morgan fingerprint density at radius 3 is 2.53 bits per heavy atom. The number of rotatable bonds is 1. The smallest absolute Gasteiger partial charge is 0.303 e. The zero-order valence-corrected chi connectivity index (χ0v) is 19.2. The molecule has 7 heterocycles. The summed E-state index contributed by atoms with van der Waals surface area (Å²) in [5.41, 5.74) is 8.37. The van der Waals surface area contributed by atoms with E-state index in [1.165, 1.54) is 24.0 Å². The monoisotopic (exact) mass is 474 g/mol. The summed E-state index contributed by atoms with van der Waals surface area (Å²) in [6.45, 7) is 3.34. The third-order valence-electron chi connectivity index (χ3n) is 7.08. The fourth-order valence-electron chi connectivity index (χ4n) is 5.89. The Kier molecular flexibility index (Phi) is 4.08. The first kappa shape index (κ1) is 20.1. The van der Waals surface area contributed by atoms with E-state index in [0.29, 0.717) is 6.42 Å². The predicted octanol–water partition coefficient (Wildman–Crippen LogP) is 2.27. The maximum atomic E-state index is 14.3. The van der Waals surface area contributed by atoms with Crippen molar-refractivity contribution in [3.05, 3.63) is 48.3 Å². The van der Waals surface area contributed by atoms with Crippen molar-refractivity contribution in [2.45, 2.75) is 54.6 Å². The van der Waals surface area contributed by atoms with Crippen LogP contribution in [0.2, 0.25) is 0 Å². The quantitative estimate of drug-likeness (QED) is 0.355. The Hall–Kier alpha value is -2.55. The van der Waals surface area contributed by atoms with Crippen LogP contribution in [0, 0.1) is 11.6 Å². The molecule has 2 amide bonds. The Balaban J connectivity index is 1.53. The molecule has 2 spiro atoms. The summed E-state index contributed by atoms with van der Waals surface area (Å²) in [4.78, 5) is 41.4. The molecule has 0 aromatic heterocycles. The van der Waals surface area contributed by atoms with Crippen LogP contribution in [-0.2, 0) is 28.6 Å². The fourth-order valence-corrected chi connectivity index (χ4v) is 10.9. The first-order chi connectivity index (χ1) is 15.3. The largest absolute Gasteiger partial charge is 0.473 e. The first-order valence-electron chi connectivity index (χ1n) is 10.4. The topological polar surface area (TPSA) is 85.4 Å². The SMILES string of the molecule is C#[SH]1S[C@@]23CC4=COC=C[C@H](OC(C)=O)C4N2C(=O)[C@@]12CC1=COC=C[C@H](C)C1N2C3=O. The van der Waals surface area contributed by atoms with Gasteiger partial charge < -0.3 is 24.0 Å². The minimum Gasteiger partial charge on any atom is -0.473 e. The lowest BCUT2D eigenvalue weighted by Crippen LogP contribution is -2.77. The lowest BCUT2D eigenvalue weighted by Gasteiger charge is -2.60. The molecule has 0 aliphatic carbocycles. The van der Waals surface area contributed by atoms with Crippen LogP contribution in [0.5, 0.6) is 0 Å². The van der Waals surface area contributed by atoms with Crippen LogP contribution in [0.1, 0.15) is 26.7 Å². The summed E-state index contributed by atoms with van der Waals surface area (Å²) in [5.74, 6) is -0.803. The molecule has 7 rings (SSSR count). The second-order valence-electron chi connectivity index (χ2n) is 8.86. The van der Waals surface area contributed by atoms with E-state index in [-0.39, 0.29) is 30.2 Å². The number of hydrogen-bond donors (Lipinski definition) is 1. The second kappa shape index (κ2) is 6.50. The number of ether oxygens (including phenoxy) is 3. The molecule has 0 saturated carbocycles. The van der Waals surface area contributed by atoms with E-state index >= 15 is 0 Å². The van der Waals surface area contributed by atoms with Gasteiger partial charge in [0.25, 0.3) is 11.8 Å². The number of nitrogens with zero attached hydrogens (tertiary/aromatic N) is 2. The molecule has 10 heteroatoms. The summed E-state index contributed by atoms with van der Waals surface area (Å²) in [5, 5.41) is 0. The molecule has 0 radical (unpaired) electrons. The summed E-state index contributed by atoms with van der Waals surface area (Å²) < 4.78 is 16.5. The van der Waals surface area contributed by atoms with Gasteiger partial charge in [-0.05, 0) is 23.3 Å². The van der Waals surface area contributed by atoms with Crippen LogP contribution in [0.3, 0.4) is 0 Å². The summed E-state index contributed by atoms with van der Waals surface area (Å²) in [6, 6.07) is -0.893. The molecule has 8 nitrogen and oxygen atoms in total. The number of esters is 1. The molecule has 32 heavy (non-hydrogen) atoms. The second-order valence-corrected chi connectivity index (χ2v) is 12.8. The van der Waals surface area contributed by atoms with E-state index in [1.807, 2.05) is 13.0 Å². The van der Waals surface area contributed by atoms with E-state index < -0.39 is 37.2 Å². The van der Waals surface area contributed by atoms with Gasteiger partial charge in [-0.3, -0.25) is 14.4 Å². The number of thiol groups is 1. The number of amides is 2. The maximum absolute atomic E-state index is 14.3. The van der Waals surface area contributed by atoms with Crippen molar-refractivity contribution in [1.82, 2.24) is 9.80 Å². The van der Waals surface area contributed by atoms with Crippen molar-refractivity contribution >= 4 is 37.9 Å². The molecule has 7 aliphatic rings. The molecule has 7 aliphatic heterocycles. The molecule has 5 fully saturated rings. The Bertz CT molecular complexity index is 1160. The van der Waals surface area contributed by atoms with Crippen molar-refractivity contribution in [3.63, 3.8) is 0 Å². The average molecular weight is 475 g/mol. The number of hydrogen-bond acceptors (Lipinski definition) is 7. The maximum Gasteiger partial charge on any atom is 0.303 e. The third kappa shape index (κ3) is 2.25. The Morgan fingerprint density at radius 1 is 1.12 bits per heavy atom. The minimum absolute atomic E-state index is 0.0244. The van der Waals surface area contributed by atoms with E-state index in [4.69, 9.17) is 19.9 Å². The zero-order chi connectivity index (χ0) is 22.4. The fraction of sp³-hybridized carbons (Fsp3) is 0.455. The van der Waals surface area contributed by atoms with Gasteiger partial charge in [0.1, 0.15) is 6.10 Å². The van der Waals surface area contributed by atoms with Crippen LogP contribution in [-0.4, -0.2) is 55.5 Å². The average Bonchev–Trinajstić information content (AvgIpc) is 3.12. The van der Waals surface area contributed by atoms with Crippen LogP contribution in [0.15, 0.2) is 48.3 Å². The van der Waals surface area contributed by atoms with Gasteiger partial charge in [0.2, 0.25) is 0 Å². The molecular formula is C22H22N2O6S2. The predicted molar refractivity (Wildman–Crippen MR) is 119 cm³/mol. The standard InChI is InChI=1S/C22H22N2O6S2/c1-12-4-6-28-11-15-9-22-20(27)23-18-14(10-29-7-5-16(18)30-13(2)25)8-21(23,31-32(22)3)19(26)24(22)17(12)15/h3-7,10-12,16-18,32H,8-9H2,1-2H3/t12-,16-,17?,18?,21+,22+/m0/s1. The van der Waals surface area contributed by atoms with Gasteiger partial charge in [-0.1, -0.05) is 17.7 Å². The number of carbonyl (C=O) groups is 3. The molecule has 3 unspecified atom stereocenters. The van der Waals surface area contributed by atoms with E-state index in [1.54, 1.807) is 34.7 Å². The van der Waals surface area contributed by atoms with Gasteiger partial charge >= 0.3 is 5.97 Å². The molecule has 2 bridgehead atoms. The Morgan fingerprint density at radius 2 is 1.81 bits per heavy atom. The molecule has 7 atom stereocenters. The molecular weight excluding hydrogens is 452 g/mol. The van der Waals surface area contributed by atoms with Crippen molar-refractivity contribution in [3.8, 4) is 5.69 Å². The van der Waals surface area contributed by atoms with Crippen LogP contribution in [0.25, 0.3) is 0 Å². The van der Waals surface area contributed by atoms with E-state index in [2.05, 4.69) is 0 Å². The number of fused-ring (bicyclic) bond motifs is 3. The highest BCUT2D eigenvalue weighted by atomic mass is 33.1. The van der Waals surface area contributed by atoms with Crippen molar-refractivity contribution in [2.24, 2.45) is 5.92 Å². The van der Waals surface area contributed by atoms with Crippen molar-refractivity contribution in [2.75, 3.05) is 0 Å². The Labute approximate surface area is 190 Å². The highest BCUT2D eigenvalue weighted by molar-refractivity contribution is 8.81.